The average Bonchev–Trinajstić information content (AvgIpc) is 2.56. The number of nitrogens with one attached hydrogen (secondary N) is 3. The van der Waals surface area contributed by atoms with Crippen molar-refractivity contribution in [2.24, 2.45) is 5.92 Å². The molecule has 1 aliphatic rings. The monoisotopic (exact) mass is 349 g/mol. The molecule has 0 aliphatic heterocycles. The van der Waals surface area contributed by atoms with Crippen LogP contribution >= 0.6 is 12.2 Å². The second-order valence-corrected chi connectivity index (χ2v) is 6.98. The molecule has 0 spiro atoms. The van der Waals surface area contributed by atoms with Crippen LogP contribution in [-0.4, -0.2) is 23.7 Å². The lowest BCUT2D eigenvalue weighted by atomic mass is 9.86. The quantitative estimate of drug-likeness (QED) is 0.576. The van der Waals surface area contributed by atoms with Gasteiger partial charge >= 0.3 is 0 Å². The van der Waals surface area contributed by atoms with Gasteiger partial charge in [-0.05, 0) is 62.0 Å². The first-order chi connectivity index (χ1) is 11.5. The van der Waals surface area contributed by atoms with Crippen molar-refractivity contribution in [2.75, 3.05) is 6.61 Å². The molecule has 1 aromatic carbocycles. The largest absolute Gasteiger partial charge is 0.483 e. The van der Waals surface area contributed by atoms with E-state index in [2.05, 4.69) is 23.1 Å². The number of amides is 1. The van der Waals surface area contributed by atoms with Gasteiger partial charge in [0.25, 0.3) is 5.91 Å². The summed E-state index contributed by atoms with van der Waals surface area (Å²) in [5, 5.41) is 3.73. The van der Waals surface area contributed by atoms with Crippen LogP contribution in [0, 0.1) is 19.8 Å². The third-order valence-corrected chi connectivity index (χ3v) is 4.67. The smallest absolute Gasteiger partial charge is 0.276 e. The van der Waals surface area contributed by atoms with Gasteiger partial charge in [0.1, 0.15) is 5.75 Å². The zero-order valence-corrected chi connectivity index (χ0v) is 15.5. The number of hydrazine groups is 1. The van der Waals surface area contributed by atoms with Gasteiger partial charge in [-0.1, -0.05) is 31.9 Å². The molecule has 3 N–H and O–H groups in total. The number of rotatable bonds is 4. The van der Waals surface area contributed by atoms with Gasteiger partial charge in [0.05, 0.1) is 0 Å². The van der Waals surface area contributed by atoms with Gasteiger partial charge in [-0.2, -0.15) is 0 Å². The molecule has 0 aromatic heterocycles. The second-order valence-electron chi connectivity index (χ2n) is 6.57. The van der Waals surface area contributed by atoms with Crippen LogP contribution in [0.5, 0.6) is 5.75 Å². The first-order valence-corrected chi connectivity index (χ1v) is 8.92. The summed E-state index contributed by atoms with van der Waals surface area (Å²) >= 11 is 5.24. The minimum atomic E-state index is -0.267. The lowest BCUT2D eigenvalue weighted by molar-refractivity contribution is -0.123. The average molecular weight is 350 g/mol. The van der Waals surface area contributed by atoms with Crippen LogP contribution in [0.15, 0.2) is 18.2 Å². The molecule has 24 heavy (non-hydrogen) atoms. The molecule has 0 heterocycles. The van der Waals surface area contributed by atoms with Crippen molar-refractivity contribution in [2.45, 2.75) is 52.5 Å². The highest BCUT2D eigenvalue weighted by atomic mass is 32.1. The number of hydrogen-bond donors (Lipinski definition) is 3. The van der Waals surface area contributed by atoms with Crippen molar-refractivity contribution < 1.29 is 9.53 Å². The highest BCUT2D eigenvalue weighted by Gasteiger charge is 2.21. The van der Waals surface area contributed by atoms with Crippen molar-refractivity contribution in [3.05, 3.63) is 29.3 Å². The van der Waals surface area contributed by atoms with Gasteiger partial charge in [0.2, 0.25) is 0 Å². The Labute approximate surface area is 149 Å². The summed E-state index contributed by atoms with van der Waals surface area (Å²) in [5.41, 5.74) is 7.43. The summed E-state index contributed by atoms with van der Waals surface area (Å²) in [6, 6.07) is 6.29. The van der Waals surface area contributed by atoms with Crippen molar-refractivity contribution >= 4 is 23.2 Å². The predicted molar refractivity (Wildman–Crippen MR) is 99.8 cm³/mol. The van der Waals surface area contributed by atoms with Gasteiger partial charge < -0.3 is 10.1 Å². The molecule has 1 fully saturated rings. The number of thiocarbonyl (C=S) groups is 1. The summed E-state index contributed by atoms with van der Waals surface area (Å²) in [6.07, 6.45) is 4.84. The fourth-order valence-corrected chi connectivity index (χ4v) is 3.11. The molecule has 1 amide bonds. The minimum absolute atomic E-state index is 0.0558. The van der Waals surface area contributed by atoms with Gasteiger partial charge in [0.15, 0.2) is 11.7 Å². The first-order valence-electron chi connectivity index (χ1n) is 8.51. The van der Waals surface area contributed by atoms with E-state index in [0.29, 0.717) is 17.1 Å². The van der Waals surface area contributed by atoms with E-state index in [1.165, 1.54) is 19.3 Å². The lowest BCUT2D eigenvalue weighted by Crippen LogP contribution is -2.52. The van der Waals surface area contributed by atoms with Crippen LogP contribution in [0.3, 0.4) is 0 Å². The number of ether oxygens (including phenoxy) is 1. The van der Waals surface area contributed by atoms with E-state index in [-0.39, 0.29) is 12.5 Å². The van der Waals surface area contributed by atoms with Gasteiger partial charge in [-0.25, -0.2) is 0 Å². The molecule has 2 rings (SSSR count). The second kappa shape index (κ2) is 8.87. The normalized spacial score (nSPS) is 20.1. The van der Waals surface area contributed by atoms with Crippen molar-refractivity contribution in [3.63, 3.8) is 0 Å². The van der Waals surface area contributed by atoms with E-state index in [9.17, 15) is 4.79 Å². The van der Waals surface area contributed by atoms with E-state index in [4.69, 9.17) is 17.0 Å². The van der Waals surface area contributed by atoms with Crippen LogP contribution in [0.4, 0.5) is 0 Å². The fraction of sp³-hybridized carbons (Fsp3) is 0.556. The SMILES string of the molecule is Cc1ccc(C)c(OCC(=O)NNC(=S)N[C@@H]2CCCC[C@H]2C)c1. The van der Waals surface area contributed by atoms with Crippen molar-refractivity contribution in [1.29, 1.82) is 0 Å². The van der Waals surface area contributed by atoms with E-state index in [0.717, 1.165) is 23.3 Å². The van der Waals surface area contributed by atoms with Gasteiger partial charge in [-0.3, -0.25) is 15.6 Å². The van der Waals surface area contributed by atoms with E-state index in [1.807, 2.05) is 32.0 Å². The van der Waals surface area contributed by atoms with E-state index < -0.39 is 0 Å². The number of benzene rings is 1. The zero-order valence-electron chi connectivity index (χ0n) is 14.6. The molecule has 0 bridgehead atoms. The van der Waals surface area contributed by atoms with Crippen molar-refractivity contribution in [3.8, 4) is 5.75 Å². The van der Waals surface area contributed by atoms with Crippen LogP contribution < -0.4 is 20.9 Å². The Bertz CT molecular complexity index is 592. The molecule has 1 aliphatic carbocycles. The number of aryl methyl sites for hydroxylation is 2. The summed E-state index contributed by atoms with van der Waals surface area (Å²) in [5.74, 6) is 1.06. The number of carbonyl (C=O) groups is 1. The Balaban J connectivity index is 1.70. The summed E-state index contributed by atoms with van der Waals surface area (Å²) in [6.45, 7) is 6.12. The minimum Gasteiger partial charge on any atom is -0.483 e. The summed E-state index contributed by atoms with van der Waals surface area (Å²) < 4.78 is 5.56. The molecule has 132 valence electrons. The Kier molecular flexibility index (Phi) is 6.85. The Morgan fingerprint density at radius 3 is 2.75 bits per heavy atom. The predicted octanol–water partition coefficient (Wildman–Crippen LogP) is 2.76. The van der Waals surface area contributed by atoms with E-state index >= 15 is 0 Å². The molecule has 5 nitrogen and oxygen atoms in total. The van der Waals surface area contributed by atoms with Crippen molar-refractivity contribution in [1.82, 2.24) is 16.2 Å². The molecular formula is C18H27N3O2S. The maximum atomic E-state index is 11.9. The van der Waals surface area contributed by atoms with Crippen LogP contribution in [0.2, 0.25) is 0 Å². The van der Waals surface area contributed by atoms with E-state index in [1.54, 1.807) is 0 Å². The number of hydrogen-bond acceptors (Lipinski definition) is 3. The van der Waals surface area contributed by atoms with Crippen LogP contribution in [-0.2, 0) is 4.79 Å². The molecule has 1 saturated carbocycles. The molecule has 0 saturated heterocycles. The maximum Gasteiger partial charge on any atom is 0.276 e. The fourth-order valence-electron chi connectivity index (χ4n) is 2.90. The Morgan fingerprint density at radius 2 is 2.00 bits per heavy atom. The van der Waals surface area contributed by atoms with Gasteiger partial charge in [-0.15, -0.1) is 0 Å². The van der Waals surface area contributed by atoms with Crippen LogP contribution in [0.1, 0.15) is 43.7 Å². The lowest BCUT2D eigenvalue weighted by Gasteiger charge is -2.30. The highest BCUT2D eigenvalue weighted by Crippen LogP contribution is 2.23. The molecule has 2 atom stereocenters. The third-order valence-electron chi connectivity index (χ3n) is 4.45. The molecule has 0 radical (unpaired) electrons. The Hall–Kier alpha value is -1.82. The molecule has 1 aromatic rings. The third kappa shape index (κ3) is 5.67. The first kappa shape index (κ1) is 18.5. The summed E-state index contributed by atoms with van der Waals surface area (Å²) in [4.78, 5) is 11.9. The highest BCUT2D eigenvalue weighted by molar-refractivity contribution is 7.80. The zero-order chi connectivity index (χ0) is 17.5. The topological polar surface area (TPSA) is 62.4 Å². The van der Waals surface area contributed by atoms with Crippen LogP contribution in [0.25, 0.3) is 0 Å². The molecule has 0 unspecified atom stereocenters. The maximum absolute atomic E-state index is 11.9. The number of carbonyl (C=O) groups excluding carboxylic acids is 1. The standard InChI is InChI=1S/C18H27N3O2S/c1-12-8-9-14(3)16(10-12)23-11-17(22)20-21-18(24)19-15-7-5-4-6-13(15)2/h8-10,13,15H,4-7,11H2,1-3H3,(H,20,22)(H2,19,21,24)/t13-,15-/m1/s1. The Morgan fingerprint density at radius 1 is 1.25 bits per heavy atom. The van der Waals surface area contributed by atoms with Gasteiger partial charge in [0, 0.05) is 6.04 Å². The summed E-state index contributed by atoms with van der Waals surface area (Å²) in [7, 11) is 0. The molecular weight excluding hydrogens is 322 g/mol. The molecule has 6 heteroatoms.